The molecule has 1 aromatic carbocycles. The maximum atomic E-state index is 13.9. The van der Waals surface area contributed by atoms with Crippen LogP contribution in [0.2, 0.25) is 5.02 Å². The molecule has 0 aromatic heterocycles. The molecular weight excluding hydrogens is 237 g/mol. The fourth-order valence-electron chi connectivity index (χ4n) is 2.41. The van der Waals surface area contributed by atoms with E-state index in [1.165, 1.54) is 25.3 Å². The third kappa shape index (κ3) is 3.20. The number of benzene rings is 1. The van der Waals surface area contributed by atoms with Crippen LogP contribution in [-0.4, -0.2) is 6.54 Å². The third-order valence-electron chi connectivity index (χ3n) is 3.58. The Morgan fingerprint density at radius 1 is 1.47 bits per heavy atom. The summed E-state index contributed by atoms with van der Waals surface area (Å²) in [5, 5.41) is 3.84. The maximum absolute atomic E-state index is 13.9. The van der Waals surface area contributed by atoms with Gasteiger partial charge in [-0.2, -0.15) is 0 Å². The number of rotatable bonds is 5. The van der Waals surface area contributed by atoms with E-state index in [1.54, 1.807) is 6.07 Å². The van der Waals surface area contributed by atoms with Crippen LogP contribution in [0, 0.1) is 11.7 Å². The van der Waals surface area contributed by atoms with E-state index in [9.17, 15) is 4.39 Å². The van der Waals surface area contributed by atoms with Gasteiger partial charge >= 0.3 is 0 Å². The van der Waals surface area contributed by atoms with Gasteiger partial charge in [0.2, 0.25) is 0 Å². The number of halogens is 2. The van der Waals surface area contributed by atoms with Gasteiger partial charge in [0.1, 0.15) is 5.82 Å². The molecule has 0 heterocycles. The van der Waals surface area contributed by atoms with Gasteiger partial charge in [0, 0.05) is 16.6 Å². The van der Waals surface area contributed by atoms with Gasteiger partial charge in [-0.3, -0.25) is 0 Å². The highest BCUT2D eigenvalue weighted by molar-refractivity contribution is 6.30. The highest BCUT2D eigenvalue weighted by Gasteiger charge is 2.24. The van der Waals surface area contributed by atoms with Gasteiger partial charge in [-0.15, -0.1) is 0 Å². The molecule has 1 saturated carbocycles. The van der Waals surface area contributed by atoms with Crippen molar-refractivity contribution in [3.63, 3.8) is 0 Å². The van der Waals surface area contributed by atoms with Crippen molar-refractivity contribution in [1.82, 2.24) is 5.32 Å². The van der Waals surface area contributed by atoms with Crippen molar-refractivity contribution in [3.05, 3.63) is 34.6 Å². The summed E-state index contributed by atoms with van der Waals surface area (Å²) in [4.78, 5) is 0. The Morgan fingerprint density at radius 3 is 2.76 bits per heavy atom. The molecule has 94 valence electrons. The van der Waals surface area contributed by atoms with Crippen LogP contribution in [0.4, 0.5) is 4.39 Å². The molecule has 1 aromatic rings. The lowest BCUT2D eigenvalue weighted by atomic mass is 9.79. The number of hydrogen-bond acceptors (Lipinski definition) is 1. The highest BCUT2D eigenvalue weighted by atomic mass is 35.5. The fraction of sp³-hybridized carbons (Fsp3) is 0.571. The van der Waals surface area contributed by atoms with Crippen LogP contribution in [0.1, 0.15) is 44.2 Å². The van der Waals surface area contributed by atoms with Crippen molar-refractivity contribution in [2.45, 2.75) is 38.6 Å². The summed E-state index contributed by atoms with van der Waals surface area (Å²) in [5.74, 6) is 0.567. The summed E-state index contributed by atoms with van der Waals surface area (Å²) in [6.07, 6.45) is 4.94. The van der Waals surface area contributed by atoms with Crippen molar-refractivity contribution in [2.24, 2.45) is 5.92 Å². The van der Waals surface area contributed by atoms with E-state index in [0.717, 1.165) is 24.4 Å². The summed E-state index contributed by atoms with van der Waals surface area (Å²) < 4.78 is 13.9. The number of hydrogen-bond donors (Lipinski definition) is 1. The molecule has 1 nitrogen and oxygen atoms in total. The Morgan fingerprint density at radius 2 is 2.24 bits per heavy atom. The zero-order chi connectivity index (χ0) is 12.3. The van der Waals surface area contributed by atoms with E-state index < -0.39 is 0 Å². The minimum Gasteiger partial charge on any atom is -0.310 e. The second-order valence-corrected chi connectivity index (χ2v) is 5.25. The van der Waals surface area contributed by atoms with Crippen molar-refractivity contribution in [1.29, 1.82) is 0 Å². The molecule has 1 N–H and O–H groups in total. The van der Waals surface area contributed by atoms with Crippen molar-refractivity contribution >= 4 is 11.6 Å². The van der Waals surface area contributed by atoms with Gasteiger partial charge in [0.05, 0.1) is 0 Å². The average Bonchev–Trinajstić information content (AvgIpc) is 2.22. The summed E-state index contributed by atoms with van der Waals surface area (Å²) >= 11 is 5.78. The topological polar surface area (TPSA) is 12.0 Å². The second kappa shape index (κ2) is 5.83. The van der Waals surface area contributed by atoms with Gasteiger partial charge in [-0.25, -0.2) is 4.39 Å². The first-order valence-corrected chi connectivity index (χ1v) is 6.76. The Bertz CT molecular complexity index is 376. The largest absolute Gasteiger partial charge is 0.310 e. The monoisotopic (exact) mass is 255 g/mol. The predicted octanol–water partition coefficient (Wildman–Crippen LogP) is 4.32. The number of nitrogens with one attached hydrogen (secondary N) is 1. The molecule has 3 heteroatoms. The smallest absolute Gasteiger partial charge is 0.129 e. The van der Waals surface area contributed by atoms with E-state index in [1.807, 2.05) is 6.07 Å². The van der Waals surface area contributed by atoms with E-state index >= 15 is 0 Å². The zero-order valence-electron chi connectivity index (χ0n) is 10.2. The van der Waals surface area contributed by atoms with E-state index in [0.29, 0.717) is 5.02 Å². The molecular formula is C14H19ClFN. The molecule has 1 aliphatic rings. The molecule has 0 amide bonds. The molecule has 2 rings (SSSR count). The summed E-state index contributed by atoms with van der Waals surface area (Å²) in [7, 11) is 0. The minimum absolute atomic E-state index is 0.127. The Kier molecular flexibility index (Phi) is 4.41. The highest BCUT2D eigenvalue weighted by Crippen LogP contribution is 2.35. The third-order valence-corrected chi connectivity index (χ3v) is 3.82. The molecule has 17 heavy (non-hydrogen) atoms. The summed E-state index contributed by atoms with van der Waals surface area (Å²) in [6, 6.07) is 5.11. The lowest BCUT2D eigenvalue weighted by molar-refractivity contribution is 0.260. The van der Waals surface area contributed by atoms with Crippen LogP contribution in [-0.2, 0) is 0 Å². The van der Waals surface area contributed by atoms with Crippen LogP contribution < -0.4 is 5.32 Å². The Labute approximate surface area is 107 Å². The molecule has 0 aliphatic heterocycles. The van der Waals surface area contributed by atoms with Crippen molar-refractivity contribution in [2.75, 3.05) is 6.54 Å². The standard InChI is InChI=1S/C14H19ClFN/c1-2-17-14(8-10-4-3-5-10)12-7-6-11(15)9-13(12)16/h6-7,9-10,14,17H,2-5,8H2,1H3. The molecule has 1 fully saturated rings. The summed E-state index contributed by atoms with van der Waals surface area (Å²) in [6.45, 7) is 2.92. The van der Waals surface area contributed by atoms with Crippen LogP contribution >= 0.6 is 11.6 Å². The van der Waals surface area contributed by atoms with Crippen LogP contribution in [0.25, 0.3) is 0 Å². The van der Waals surface area contributed by atoms with E-state index in [4.69, 9.17) is 11.6 Å². The van der Waals surface area contributed by atoms with Crippen LogP contribution in [0.3, 0.4) is 0 Å². The molecule has 1 aliphatic carbocycles. The summed E-state index contributed by atoms with van der Waals surface area (Å²) in [5.41, 5.74) is 0.753. The van der Waals surface area contributed by atoms with Gasteiger partial charge in [0.25, 0.3) is 0 Å². The molecule has 0 spiro atoms. The SMILES string of the molecule is CCNC(CC1CCC1)c1ccc(Cl)cc1F. The Hall–Kier alpha value is -0.600. The van der Waals surface area contributed by atoms with Gasteiger partial charge in [0.15, 0.2) is 0 Å². The Balaban J connectivity index is 2.12. The molecule has 1 unspecified atom stereocenters. The fourth-order valence-corrected chi connectivity index (χ4v) is 2.57. The minimum atomic E-state index is -0.192. The van der Waals surface area contributed by atoms with Gasteiger partial charge in [-0.05, 0) is 31.0 Å². The zero-order valence-corrected chi connectivity index (χ0v) is 10.9. The second-order valence-electron chi connectivity index (χ2n) is 4.81. The first kappa shape index (κ1) is 12.8. The average molecular weight is 256 g/mol. The molecule has 0 radical (unpaired) electrons. The van der Waals surface area contributed by atoms with E-state index in [2.05, 4.69) is 12.2 Å². The lowest BCUT2D eigenvalue weighted by Gasteiger charge is -2.30. The van der Waals surface area contributed by atoms with Crippen molar-refractivity contribution in [3.8, 4) is 0 Å². The van der Waals surface area contributed by atoms with Crippen LogP contribution in [0.5, 0.6) is 0 Å². The van der Waals surface area contributed by atoms with Gasteiger partial charge < -0.3 is 5.32 Å². The van der Waals surface area contributed by atoms with Crippen LogP contribution in [0.15, 0.2) is 18.2 Å². The quantitative estimate of drug-likeness (QED) is 0.826. The van der Waals surface area contributed by atoms with Gasteiger partial charge in [-0.1, -0.05) is 43.9 Å². The lowest BCUT2D eigenvalue weighted by Crippen LogP contribution is -2.26. The predicted molar refractivity (Wildman–Crippen MR) is 69.8 cm³/mol. The van der Waals surface area contributed by atoms with Crippen molar-refractivity contribution < 1.29 is 4.39 Å². The molecule has 0 saturated heterocycles. The molecule has 1 atom stereocenters. The first-order valence-electron chi connectivity index (χ1n) is 6.39. The molecule has 0 bridgehead atoms. The normalized spacial score (nSPS) is 17.8. The van der Waals surface area contributed by atoms with E-state index in [-0.39, 0.29) is 11.9 Å². The maximum Gasteiger partial charge on any atom is 0.129 e. The first-order chi connectivity index (χ1) is 8.20.